The quantitative estimate of drug-likeness (QED) is 0.278. The van der Waals surface area contributed by atoms with E-state index >= 15 is 0 Å². The van der Waals surface area contributed by atoms with Crippen molar-refractivity contribution in [1.29, 1.82) is 0 Å². The molecule has 0 aliphatic rings. The molecule has 1 N–H and O–H groups in total. The first-order chi connectivity index (χ1) is 14.6. The molecular formula is C24H21N3O2S. The predicted octanol–water partition coefficient (Wildman–Crippen LogP) is 4.86. The van der Waals surface area contributed by atoms with Crippen LogP contribution in [-0.4, -0.2) is 20.7 Å². The highest BCUT2D eigenvalue weighted by atomic mass is 32.2. The molecule has 0 aliphatic heterocycles. The van der Waals surface area contributed by atoms with Gasteiger partial charge in [-0.3, -0.25) is 14.2 Å². The first kappa shape index (κ1) is 19.9. The third kappa shape index (κ3) is 3.86. The summed E-state index contributed by atoms with van der Waals surface area (Å²) in [6.45, 7) is 5.88. The number of para-hydroxylation sites is 1. The van der Waals surface area contributed by atoms with E-state index < -0.39 is 5.25 Å². The van der Waals surface area contributed by atoms with Gasteiger partial charge in [0, 0.05) is 17.6 Å². The van der Waals surface area contributed by atoms with E-state index in [1.54, 1.807) is 22.8 Å². The van der Waals surface area contributed by atoms with Gasteiger partial charge in [-0.2, -0.15) is 0 Å². The summed E-state index contributed by atoms with van der Waals surface area (Å²) < 4.78 is 1.56. The first-order valence-corrected chi connectivity index (χ1v) is 10.5. The van der Waals surface area contributed by atoms with Gasteiger partial charge in [0.1, 0.15) is 0 Å². The van der Waals surface area contributed by atoms with E-state index in [0.717, 1.165) is 16.5 Å². The van der Waals surface area contributed by atoms with Crippen LogP contribution in [0.1, 0.15) is 6.92 Å². The number of hydrogen-bond acceptors (Lipinski definition) is 4. The van der Waals surface area contributed by atoms with Crippen molar-refractivity contribution in [3.63, 3.8) is 0 Å². The summed E-state index contributed by atoms with van der Waals surface area (Å²) in [7, 11) is 0. The Morgan fingerprint density at radius 1 is 1.10 bits per heavy atom. The third-order valence-electron chi connectivity index (χ3n) is 4.84. The maximum atomic E-state index is 12.9. The van der Waals surface area contributed by atoms with Crippen molar-refractivity contribution >= 4 is 45.0 Å². The fourth-order valence-electron chi connectivity index (χ4n) is 3.31. The molecular weight excluding hydrogens is 394 g/mol. The normalized spacial score (nSPS) is 12.0. The van der Waals surface area contributed by atoms with Crippen LogP contribution >= 0.6 is 11.8 Å². The summed E-state index contributed by atoms with van der Waals surface area (Å²) in [4.78, 5) is 30.4. The fourth-order valence-corrected chi connectivity index (χ4v) is 4.23. The molecule has 0 bridgehead atoms. The van der Waals surface area contributed by atoms with Gasteiger partial charge in [-0.25, -0.2) is 4.98 Å². The number of amides is 1. The predicted molar refractivity (Wildman–Crippen MR) is 124 cm³/mol. The number of hydrogen-bond donors (Lipinski definition) is 1. The summed E-state index contributed by atoms with van der Waals surface area (Å²) in [5.41, 5.74) is 1.25. The molecule has 1 heterocycles. The molecule has 0 spiro atoms. The Hall–Kier alpha value is -3.38. The minimum Gasteiger partial charge on any atom is -0.325 e. The van der Waals surface area contributed by atoms with Crippen LogP contribution < -0.4 is 10.9 Å². The van der Waals surface area contributed by atoms with Crippen LogP contribution in [0.25, 0.3) is 21.7 Å². The minimum atomic E-state index is -0.451. The summed E-state index contributed by atoms with van der Waals surface area (Å²) in [6.07, 6.45) is 1.66. The van der Waals surface area contributed by atoms with Crippen molar-refractivity contribution in [3.05, 3.63) is 89.7 Å². The maximum absolute atomic E-state index is 12.9. The third-order valence-corrected chi connectivity index (χ3v) is 5.93. The van der Waals surface area contributed by atoms with E-state index in [2.05, 4.69) is 16.9 Å². The lowest BCUT2D eigenvalue weighted by Gasteiger charge is -2.16. The second-order valence-corrected chi connectivity index (χ2v) is 8.20. The first-order valence-electron chi connectivity index (χ1n) is 9.64. The van der Waals surface area contributed by atoms with Crippen molar-refractivity contribution in [3.8, 4) is 0 Å². The molecule has 4 aromatic rings. The number of thioether (sulfide) groups is 1. The molecule has 5 nitrogen and oxygen atoms in total. The lowest BCUT2D eigenvalue weighted by atomic mass is 10.1. The Morgan fingerprint density at radius 2 is 1.80 bits per heavy atom. The number of rotatable bonds is 6. The van der Waals surface area contributed by atoms with Crippen LogP contribution in [0.15, 0.2) is 89.3 Å². The maximum Gasteiger partial charge on any atom is 0.262 e. The van der Waals surface area contributed by atoms with Gasteiger partial charge >= 0.3 is 0 Å². The molecule has 1 aromatic heterocycles. The molecule has 0 aliphatic carbocycles. The second kappa shape index (κ2) is 8.55. The SMILES string of the molecule is C=CCn1c(S[C@@H](C)C(=O)Nc2cccc3ccccc23)nc2ccccc2c1=O. The van der Waals surface area contributed by atoms with E-state index in [1.165, 1.54) is 11.8 Å². The van der Waals surface area contributed by atoms with Gasteiger partial charge in [0.05, 0.1) is 16.2 Å². The number of benzene rings is 3. The largest absolute Gasteiger partial charge is 0.325 e. The topological polar surface area (TPSA) is 64.0 Å². The number of anilines is 1. The molecule has 1 atom stereocenters. The number of nitrogens with one attached hydrogen (secondary N) is 1. The summed E-state index contributed by atoms with van der Waals surface area (Å²) >= 11 is 1.26. The number of carbonyl (C=O) groups is 1. The Labute approximate surface area is 178 Å². The molecule has 6 heteroatoms. The number of carbonyl (C=O) groups excluding carboxylic acids is 1. The van der Waals surface area contributed by atoms with E-state index in [4.69, 9.17) is 0 Å². The van der Waals surface area contributed by atoms with E-state index in [0.29, 0.717) is 22.6 Å². The summed E-state index contributed by atoms with van der Waals surface area (Å²) in [5, 5.41) is 5.66. The highest BCUT2D eigenvalue weighted by molar-refractivity contribution is 8.00. The van der Waals surface area contributed by atoms with Crippen LogP contribution in [0.2, 0.25) is 0 Å². The smallest absolute Gasteiger partial charge is 0.262 e. The lowest BCUT2D eigenvalue weighted by molar-refractivity contribution is -0.115. The summed E-state index contributed by atoms with van der Waals surface area (Å²) in [5.74, 6) is -0.149. The van der Waals surface area contributed by atoms with Crippen molar-refractivity contribution in [2.24, 2.45) is 0 Å². The van der Waals surface area contributed by atoms with Crippen molar-refractivity contribution in [2.75, 3.05) is 5.32 Å². The number of fused-ring (bicyclic) bond motifs is 2. The zero-order chi connectivity index (χ0) is 21.1. The van der Waals surface area contributed by atoms with Gasteiger partial charge in [-0.15, -0.1) is 6.58 Å². The standard InChI is InChI=1S/C24H21N3O2S/c1-3-15-27-23(29)19-12-6-7-13-21(19)26-24(27)30-16(2)22(28)25-20-14-8-10-17-9-4-5-11-18(17)20/h3-14,16H,1,15H2,2H3,(H,25,28)/t16-/m0/s1. The van der Waals surface area contributed by atoms with Gasteiger partial charge in [0.25, 0.3) is 5.56 Å². The minimum absolute atomic E-state index is 0.135. The van der Waals surface area contributed by atoms with Crippen molar-refractivity contribution < 1.29 is 4.79 Å². The van der Waals surface area contributed by atoms with Crippen LogP contribution in [0.3, 0.4) is 0 Å². The van der Waals surface area contributed by atoms with Crippen molar-refractivity contribution in [1.82, 2.24) is 9.55 Å². The average molecular weight is 416 g/mol. The zero-order valence-corrected chi connectivity index (χ0v) is 17.4. The average Bonchev–Trinajstić information content (AvgIpc) is 2.76. The molecule has 0 fully saturated rings. The van der Waals surface area contributed by atoms with Gasteiger partial charge in [-0.1, -0.05) is 66.4 Å². The van der Waals surface area contributed by atoms with Gasteiger partial charge in [0.2, 0.25) is 5.91 Å². The van der Waals surface area contributed by atoms with E-state index in [-0.39, 0.29) is 11.5 Å². The molecule has 0 saturated heterocycles. The van der Waals surface area contributed by atoms with Gasteiger partial charge < -0.3 is 5.32 Å². The molecule has 3 aromatic carbocycles. The lowest BCUT2D eigenvalue weighted by Crippen LogP contribution is -2.26. The van der Waals surface area contributed by atoms with Crippen LogP contribution in [-0.2, 0) is 11.3 Å². The Bertz CT molecular complexity index is 1310. The second-order valence-electron chi connectivity index (χ2n) is 6.89. The van der Waals surface area contributed by atoms with E-state index in [1.807, 2.05) is 61.5 Å². The summed E-state index contributed by atoms with van der Waals surface area (Å²) in [6, 6.07) is 21.0. The van der Waals surface area contributed by atoms with Crippen LogP contribution in [0.5, 0.6) is 0 Å². The highest BCUT2D eigenvalue weighted by Gasteiger charge is 2.19. The monoisotopic (exact) mass is 415 g/mol. The molecule has 150 valence electrons. The molecule has 0 unspecified atom stereocenters. The number of allylic oxidation sites excluding steroid dienone is 1. The van der Waals surface area contributed by atoms with Crippen LogP contribution in [0, 0.1) is 0 Å². The molecule has 30 heavy (non-hydrogen) atoms. The van der Waals surface area contributed by atoms with E-state index in [9.17, 15) is 9.59 Å². The van der Waals surface area contributed by atoms with Crippen LogP contribution in [0.4, 0.5) is 5.69 Å². The molecule has 1 amide bonds. The zero-order valence-electron chi connectivity index (χ0n) is 16.5. The molecule has 4 rings (SSSR count). The van der Waals surface area contributed by atoms with Crippen molar-refractivity contribution in [2.45, 2.75) is 23.9 Å². The highest BCUT2D eigenvalue weighted by Crippen LogP contribution is 2.26. The Balaban J connectivity index is 1.63. The number of nitrogens with zero attached hydrogens (tertiary/aromatic N) is 2. The molecule has 0 saturated carbocycles. The van der Waals surface area contributed by atoms with Gasteiger partial charge in [-0.05, 0) is 30.5 Å². The Morgan fingerprint density at radius 3 is 2.60 bits per heavy atom. The molecule has 0 radical (unpaired) electrons. The van der Waals surface area contributed by atoms with Gasteiger partial charge in [0.15, 0.2) is 5.16 Å². The fraction of sp³-hybridized carbons (Fsp3) is 0.125. The number of aromatic nitrogens is 2. The Kier molecular flexibility index (Phi) is 5.68.